The lowest BCUT2D eigenvalue weighted by molar-refractivity contribution is -0.141. The summed E-state index contributed by atoms with van der Waals surface area (Å²) in [5.74, 6) is 0.389. The number of anilines is 2. The number of nitrogens with zero attached hydrogens (tertiary/aromatic N) is 4. The number of hydrogen-bond acceptors (Lipinski definition) is 4. The number of halogens is 3. The zero-order chi connectivity index (χ0) is 17.6. The maximum Gasteiger partial charge on any atom is 0.435 e. The molecule has 0 unspecified atom stereocenters. The van der Waals surface area contributed by atoms with Gasteiger partial charge in [-0.05, 0) is 23.3 Å². The van der Waals surface area contributed by atoms with E-state index in [2.05, 4.69) is 10.1 Å². The summed E-state index contributed by atoms with van der Waals surface area (Å²) < 4.78 is 40.4. The van der Waals surface area contributed by atoms with Crippen molar-refractivity contribution in [1.82, 2.24) is 14.8 Å². The van der Waals surface area contributed by atoms with E-state index in [0.29, 0.717) is 12.4 Å². The van der Waals surface area contributed by atoms with Gasteiger partial charge in [0.15, 0.2) is 5.69 Å². The minimum absolute atomic E-state index is 0.389. The number of fused-ring (bicyclic) bond motifs is 1. The fourth-order valence-electron chi connectivity index (χ4n) is 2.92. The van der Waals surface area contributed by atoms with Crippen LogP contribution in [0, 0.1) is 0 Å². The highest BCUT2D eigenvalue weighted by Crippen LogP contribution is 2.39. The monoisotopic (exact) mass is 362 g/mol. The quantitative estimate of drug-likeness (QED) is 0.669. The van der Waals surface area contributed by atoms with Crippen LogP contribution >= 0.6 is 11.3 Å². The first-order valence-electron chi connectivity index (χ1n) is 7.50. The van der Waals surface area contributed by atoms with Crippen molar-refractivity contribution in [2.45, 2.75) is 6.18 Å². The molecular formula is C17H13F3N4S. The predicted octanol–water partition coefficient (Wildman–Crippen LogP) is 4.59. The van der Waals surface area contributed by atoms with Crippen LogP contribution in [0.2, 0.25) is 0 Å². The summed E-state index contributed by atoms with van der Waals surface area (Å²) in [5, 5.41) is 5.57. The van der Waals surface area contributed by atoms with Crippen LogP contribution in [0.5, 0.6) is 0 Å². The summed E-state index contributed by atoms with van der Waals surface area (Å²) in [5.41, 5.74) is 4.42. The van der Waals surface area contributed by atoms with Gasteiger partial charge in [0.1, 0.15) is 5.82 Å². The van der Waals surface area contributed by atoms with Crippen molar-refractivity contribution < 1.29 is 13.2 Å². The average Bonchev–Trinajstić information content (AvgIpc) is 3.23. The molecule has 128 valence electrons. The van der Waals surface area contributed by atoms with Crippen molar-refractivity contribution in [3.8, 4) is 0 Å². The summed E-state index contributed by atoms with van der Waals surface area (Å²) in [6.45, 7) is 0.428. The Labute approximate surface area is 145 Å². The van der Waals surface area contributed by atoms with E-state index in [0.717, 1.165) is 28.6 Å². The molecule has 0 saturated carbocycles. The zero-order valence-electron chi connectivity index (χ0n) is 13.2. The SMILES string of the molecule is Cn1nc(C(F)(F)F)cc1N1CC(c2cscn2)=Cc2ccccc21. The molecule has 1 aliphatic heterocycles. The summed E-state index contributed by atoms with van der Waals surface area (Å²) in [6.07, 6.45) is -2.44. The second-order valence-electron chi connectivity index (χ2n) is 5.70. The van der Waals surface area contributed by atoms with E-state index >= 15 is 0 Å². The van der Waals surface area contributed by atoms with Gasteiger partial charge < -0.3 is 4.90 Å². The predicted molar refractivity (Wildman–Crippen MR) is 91.6 cm³/mol. The number of rotatable bonds is 2. The maximum atomic E-state index is 13.0. The van der Waals surface area contributed by atoms with E-state index in [-0.39, 0.29) is 0 Å². The Morgan fingerprint density at radius 1 is 1.20 bits per heavy atom. The van der Waals surface area contributed by atoms with Gasteiger partial charge in [-0.3, -0.25) is 4.68 Å². The molecule has 2 aromatic heterocycles. The molecule has 0 N–H and O–H groups in total. The Balaban J connectivity index is 1.83. The van der Waals surface area contributed by atoms with Crippen LogP contribution in [0.25, 0.3) is 11.6 Å². The second kappa shape index (κ2) is 5.73. The first kappa shape index (κ1) is 15.9. The van der Waals surface area contributed by atoms with Gasteiger partial charge in [0.2, 0.25) is 0 Å². The van der Waals surface area contributed by atoms with Crippen molar-refractivity contribution in [3.63, 3.8) is 0 Å². The highest BCUT2D eigenvalue weighted by molar-refractivity contribution is 7.07. The third-order valence-corrected chi connectivity index (χ3v) is 4.66. The number of hydrogen-bond donors (Lipinski definition) is 0. The van der Waals surface area contributed by atoms with Gasteiger partial charge in [0.25, 0.3) is 0 Å². The highest BCUT2D eigenvalue weighted by atomic mass is 32.1. The fourth-order valence-corrected chi connectivity index (χ4v) is 3.50. The Bertz CT molecular complexity index is 941. The minimum Gasteiger partial charge on any atom is -0.321 e. The average molecular weight is 362 g/mol. The van der Waals surface area contributed by atoms with Gasteiger partial charge in [-0.2, -0.15) is 18.3 Å². The molecule has 0 atom stereocenters. The first-order valence-corrected chi connectivity index (χ1v) is 8.45. The summed E-state index contributed by atoms with van der Waals surface area (Å²) in [6, 6.07) is 8.69. The number of thiazole rings is 1. The Hall–Kier alpha value is -2.61. The largest absolute Gasteiger partial charge is 0.435 e. The highest BCUT2D eigenvalue weighted by Gasteiger charge is 2.36. The molecule has 0 bridgehead atoms. The molecule has 3 aromatic rings. The Kier molecular flexibility index (Phi) is 3.64. The van der Waals surface area contributed by atoms with Crippen molar-refractivity contribution in [3.05, 3.63) is 58.2 Å². The van der Waals surface area contributed by atoms with E-state index in [4.69, 9.17) is 0 Å². The molecule has 0 amide bonds. The Morgan fingerprint density at radius 3 is 2.68 bits per heavy atom. The second-order valence-corrected chi connectivity index (χ2v) is 6.42. The van der Waals surface area contributed by atoms with Crippen LogP contribution in [0.1, 0.15) is 17.0 Å². The summed E-state index contributed by atoms with van der Waals surface area (Å²) >= 11 is 1.49. The molecule has 25 heavy (non-hydrogen) atoms. The third-order valence-electron chi connectivity index (χ3n) is 4.07. The van der Waals surface area contributed by atoms with Crippen LogP contribution in [0.3, 0.4) is 0 Å². The van der Waals surface area contributed by atoms with E-state index < -0.39 is 11.9 Å². The summed E-state index contributed by atoms with van der Waals surface area (Å²) in [7, 11) is 1.52. The molecule has 4 nitrogen and oxygen atoms in total. The minimum atomic E-state index is -4.47. The van der Waals surface area contributed by atoms with Crippen LogP contribution in [-0.4, -0.2) is 21.3 Å². The molecule has 4 rings (SSSR count). The van der Waals surface area contributed by atoms with Gasteiger partial charge in [-0.15, -0.1) is 11.3 Å². The molecule has 0 aliphatic carbocycles. The van der Waals surface area contributed by atoms with E-state index in [9.17, 15) is 13.2 Å². The third kappa shape index (κ3) is 2.82. The molecule has 8 heteroatoms. The number of aryl methyl sites for hydroxylation is 1. The number of alkyl halides is 3. The van der Waals surface area contributed by atoms with Gasteiger partial charge in [0.05, 0.1) is 17.7 Å². The molecule has 0 spiro atoms. The van der Waals surface area contributed by atoms with Gasteiger partial charge in [-0.1, -0.05) is 18.2 Å². The van der Waals surface area contributed by atoms with E-state index in [1.165, 1.54) is 23.1 Å². The lowest BCUT2D eigenvalue weighted by atomic mass is 10.0. The van der Waals surface area contributed by atoms with Gasteiger partial charge >= 0.3 is 6.18 Å². The topological polar surface area (TPSA) is 34.0 Å². The van der Waals surface area contributed by atoms with Crippen molar-refractivity contribution in [2.24, 2.45) is 7.05 Å². The van der Waals surface area contributed by atoms with Crippen molar-refractivity contribution >= 4 is 34.5 Å². The fraction of sp³-hybridized carbons (Fsp3) is 0.176. The zero-order valence-corrected chi connectivity index (χ0v) is 14.0. The molecule has 0 saturated heterocycles. The molecule has 1 aliphatic rings. The van der Waals surface area contributed by atoms with Crippen LogP contribution in [0.15, 0.2) is 41.2 Å². The standard InChI is InChI=1S/C17H13F3N4S/c1-23-16(7-15(22-23)17(18,19)20)24-8-12(13-9-25-10-21-13)6-11-4-2-3-5-14(11)24/h2-7,9-10H,8H2,1H3. The molecule has 1 aromatic carbocycles. The van der Waals surface area contributed by atoms with Gasteiger partial charge in [-0.25, -0.2) is 4.98 Å². The van der Waals surface area contributed by atoms with Crippen LogP contribution in [-0.2, 0) is 13.2 Å². The van der Waals surface area contributed by atoms with E-state index in [1.807, 2.05) is 40.6 Å². The Morgan fingerprint density at radius 2 is 2.00 bits per heavy atom. The molecular weight excluding hydrogens is 349 g/mol. The normalized spacial score (nSPS) is 14.4. The molecule has 3 heterocycles. The van der Waals surface area contributed by atoms with E-state index in [1.54, 1.807) is 5.51 Å². The molecule has 0 radical (unpaired) electrons. The lowest BCUT2D eigenvalue weighted by Gasteiger charge is -2.30. The van der Waals surface area contributed by atoms with Gasteiger partial charge in [0, 0.05) is 24.2 Å². The number of benzene rings is 1. The number of para-hydroxylation sites is 1. The van der Waals surface area contributed by atoms with Crippen LogP contribution in [0.4, 0.5) is 24.7 Å². The number of aromatic nitrogens is 3. The van der Waals surface area contributed by atoms with Crippen molar-refractivity contribution in [2.75, 3.05) is 11.4 Å². The molecule has 0 fully saturated rings. The smallest absolute Gasteiger partial charge is 0.321 e. The first-order chi connectivity index (χ1) is 11.9. The van der Waals surface area contributed by atoms with Crippen LogP contribution < -0.4 is 4.90 Å². The lowest BCUT2D eigenvalue weighted by Crippen LogP contribution is -2.25. The van der Waals surface area contributed by atoms with Crippen molar-refractivity contribution in [1.29, 1.82) is 0 Å². The summed E-state index contributed by atoms with van der Waals surface area (Å²) in [4.78, 5) is 6.17. The maximum absolute atomic E-state index is 13.0.